The number of aromatic nitrogens is 1. The second-order valence-corrected chi connectivity index (χ2v) is 4.76. The van der Waals surface area contributed by atoms with Gasteiger partial charge in [-0.2, -0.15) is 0 Å². The zero-order valence-electron chi connectivity index (χ0n) is 9.69. The van der Waals surface area contributed by atoms with Crippen LogP contribution in [0.1, 0.15) is 24.8 Å². The monoisotopic (exact) mass is 252 g/mol. The van der Waals surface area contributed by atoms with Crippen molar-refractivity contribution in [3.63, 3.8) is 0 Å². The summed E-state index contributed by atoms with van der Waals surface area (Å²) in [5.74, 6) is 1.28. The third-order valence-electron chi connectivity index (χ3n) is 3.02. The van der Waals surface area contributed by atoms with Crippen LogP contribution in [0.5, 0.6) is 0 Å². The highest BCUT2D eigenvalue weighted by atomic mass is 35.5. The molecule has 1 aromatic heterocycles. The Balaban J connectivity index is 1.76. The van der Waals surface area contributed by atoms with Gasteiger partial charge in [-0.3, -0.25) is 0 Å². The number of nitrogens with zero attached hydrogens (tertiary/aromatic N) is 2. The van der Waals surface area contributed by atoms with Crippen molar-refractivity contribution in [1.82, 2.24) is 10.3 Å². The molecule has 1 aliphatic rings. The maximum atomic E-state index is 5.77. The van der Waals surface area contributed by atoms with Gasteiger partial charge in [0.15, 0.2) is 5.96 Å². The van der Waals surface area contributed by atoms with Gasteiger partial charge < -0.3 is 11.1 Å². The Hall–Kier alpha value is -1.29. The van der Waals surface area contributed by atoms with Gasteiger partial charge in [0, 0.05) is 12.7 Å². The molecule has 1 fully saturated rings. The topological polar surface area (TPSA) is 63.3 Å². The maximum absolute atomic E-state index is 5.77. The molecule has 0 radical (unpaired) electrons. The van der Waals surface area contributed by atoms with Gasteiger partial charge in [0.25, 0.3) is 0 Å². The molecule has 0 amide bonds. The summed E-state index contributed by atoms with van der Waals surface area (Å²) in [7, 11) is 0. The number of hydrogen-bond donors (Lipinski definition) is 2. The normalized spacial score (nSPS) is 16.6. The van der Waals surface area contributed by atoms with E-state index in [1.54, 1.807) is 12.3 Å². The van der Waals surface area contributed by atoms with Crippen LogP contribution in [-0.4, -0.2) is 17.5 Å². The van der Waals surface area contributed by atoms with E-state index in [0.717, 1.165) is 18.0 Å². The third kappa shape index (κ3) is 3.89. The number of nitrogens with two attached hydrogens (primary N) is 1. The molecular formula is C12H17ClN4. The third-order valence-corrected chi connectivity index (χ3v) is 3.24. The van der Waals surface area contributed by atoms with E-state index in [-0.39, 0.29) is 0 Å². The molecule has 4 nitrogen and oxygen atoms in total. The minimum atomic E-state index is 0.494. The lowest BCUT2D eigenvalue weighted by molar-refractivity contribution is 0.315. The number of rotatable bonds is 4. The maximum Gasteiger partial charge on any atom is 0.188 e. The predicted molar refractivity (Wildman–Crippen MR) is 69.9 cm³/mol. The van der Waals surface area contributed by atoms with E-state index in [1.165, 1.54) is 19.3 Å². The van der Waals surface area contributed by atoms with Crippen LogP contribution in [-0.2, 0) is 6.54 Å². The Bertz CT molecular complexity index is 384. The van der Waals surface area contributed by atoms with E-state index < -0.39 is 0 Å². The average Bonchev–Trinajstić information content (AvgIpc) is 2.26. The summed E-state index contributed by atoms with van der Waals surface area (Å²) in [5, 5.41) is 3.64. The van der Waals surface area contributed by atoms with Crippen LogP contribution in [0.15, 0.2) is 23.3 Å². The van der Waals surface area contributed by atoms with Crippen molar-refractivity contribution in [2.75, 3.05) is 6.54 Å². The van der Waals surface area contributed by atoms with Crippen molar-refractivity contribution < 1.29 is 0 Å². The van der Waals surface area contributed by atoms with E-state index in [2.05, 4.69) is 15.3 Å². The van der Waals surface area contributed by atoms with Crippen molar-refractivity contribution in [2.24, 2.45) is 16.6 Å². The van der Waals surface area contributed by atoms with Crippen LogP contribution < -0.4 is 11.1 Å². The Morgan fingerprint density at radius 2 is 2.35 bits per heavy atom. The van der Waals surface area contributed by atoms with E-state index in [9.17, 15) is 0 Å². The summed E-state index contributed by atoms with van der Waals surface area (Å²) in [6.07, 6.45) is 5.67. The fraction of sp³-hybridized carbons (Fsp3) is 0.500. The summed E-state index contributed by atoms with van der Waals surface area (Å²) in [6, 6.07) is 3.66. The minimum Gasteiger partial charge on any atom is -0.370 e. The number of hydrogen-bond acceptors (Lipinski definition) is 2. The summed E-state index contributed by atoms with van der Waals surface area (Å²) in [4.78, 5) is 8.24. The van der Waals surface area contributed by atoms with Crippen LogP contribution >= 0.6 is 11.6 Å². The molecule has 0 unspecified atom stereocenters. The van der Waals surface area contributed by atoms with Crippen LogP contribution in [0, 0.1) is 5.92 Å². The average molecular weight is 253 g/mol. The predicted octanol–water partition coefficient (Wildman–Crippen LogP) is 1.94. The summed E-state index contributed by atoms with van der Waals surface area (Å²) in [5.41, 5.74) is 6.77. The molecule has 0 atom stereocenters. The molecule has 0 spiro atoms. The second kappa shape index (κ2) is 5.87. The molecule has 0 aliphatic heterocycles. The molecule has 92 valence electrons. The lowest BCUT2D eigenvalue weighted by atomic mass is 9.85. The fourth-order valence-corrected chi connectivity index (χ4v) is 1.79. The first kappa shape index (κ1) is 12.2. The van der Waals surface area contributed by atoms with Gasteiger partial charge in [0.2, 0.25) is 0 Å². The molecule has 0 aromatic carbocycles. The lowest BCUT2D eigenvalue weighted by Crippen LogP contribution is -2.37. The molecule has 5 heteroatoms. The van der Waals surface area contributed by atoms with E-state index in [4.69, 9.17) is 17.3 Å². The molecule has 3 N–H and O–H groups in total. The number of guanidine groups is 1. The second-order valence-electron chi connectivity index (χ2n) is 4.37. The van der Waals surface area contributed by atoms with E-state index >= 15 is 0 Å². The lowest BCUT2D eigenvalue weighted by Gasteiger charge is -2.25. The fourth-order valence-electron chi connectivity index (χ4n) is 1.68. The number of aliphatic imine (C=N–C) groups is 1. The first-order valence-electron chi connectivity index (χ1n) is 5.88. The van der Waals surface area contributed by atoms with Gasteiger partial charge in [0.05, 0.1) is 6.54 Å². The Morgan fingerprint density at radius 3 is 2.94 bits per heavy atom. The molecule has 0 saturated heterocycles. The zero-order chi connectivity index (χ0) is 12.1. The summed E-state index contributed by atoms with van der Waals surface area (Å²) in [6.45, 7) is 1.47. The molecule has 1 saturated carbocycles. The van der Waals surface area contributed by atoms with Crippen molar-refractivity contribution in [3.8, 4) is 0 Å². The van der Waals surface area contributed by atoms with Gasteiger partial charge >= 0.3 is 0 Å². The Kier molecular flexibility index (Phi) is 4.20. The number of halogens is 1. The smallest absolute Gasteiger partial charge is 0.188 e. The van der Waals surface area contributed by atoms with Gasteiger partial charge in [-0.15, -0.1) is 0 Å². The number of pyridine rings is 1. The quantitative estimate of drug-likeness (QED) is 0.489. The molecule has 1 aromatic rings. The van der Waals surface area contributed by atoms with Crippen molar-refractivity contribution in [1.29, 1.82) is 0 Å². The highest BCUT2D eigenvalue weighted by molar-refractivity contribution is 6.29. The van der Waals surface area contributed by atoms with Crippen LogP contribution in [0.3, 0.4) is 0 Å². The molecule has 0 bridgehead atoms. The van der Waals surface area contributed by atoms with Crippen molar-refractivity contribution >= 4 is 17.6 Å². The van der Waals surface area contributed by atoms with E-state index in [1.807, 2.05) is 6.07 Å². The largest absolute Gasteiger partial charge is 0.370 e. The standard InChI is InChI=1S/C12H17ClN4/c13-11-5-4-10(7-15-11)8-17-12(14)16-6-9-2-1-3-9/h4-5,7,9H,1-3,6,8H2,(H3,14,16,17). The summed E-state index contributed by atoms with van der Waals surface area (Å²) < 4.78 is 0. The first-order chi connectivity index (χ1) is 8.24. The van der Waals surface area contributed by atoms with Crippen LogP contribution in [0.4, 0.5) is 0 Å². The molecule has 1 aliphatic carbocycles. The van der Waals surface area contributed by atoms with Crippen LogP contribution in [0.25, 0.3) is 0 Å². The van der Waals surface area contributed by atoms with Gasteiger partial charge in [-0.25, -0.2) is 9.98 Å². The minimum absolute atomic E-state index is 0.494. The summed E-state index contributed by atoms with van der Waals surface area (Å²) >= 11 is 5.70. The van der Waals surface area contributed by atoms with Crippen molar-refractivity contribution in [3.05, 3.63) is 29.0 Å². The molecule has 17 heavy (non-hydrogen) atoms. The highest BCUT2D eigenvalue weighted by Gasteiger charge is 2.16. The first-order valence-corrected chi connectivity index (χ1v) is 6.26. The highest BCUT2D eigenvalue weighted by Crippen LogP contribution is 2.24. The Morgan fingerprint density at radius 1 is 1.53 bits per heavy atom. The molecule has 1 heterocycles. The molecule has 2 rings (SSSR count). The van der Waals surface area contributed by atoms with Crippen LogP contribution in [0.2, 0.25) is 5.15 Å². The molecular weight excluding hydrogens is 236 g/mol. The van der Waals surface area contributed by atoms with Crippen molar-refractivity contribution in [2.45, 2.75) is 25.8 Å². The number of nitrogens with one attached hydrogen (secondary N) is 1. The van der Waals surface area contributed by atoms with E-state index in [0.29, 0.717) is 17.7 Å². The van der Waals surface area contributed by atoms with Gasteiger partial charge in [-0.05, 0) is 30.4 Å². The Labute approximate surface area is 106 Å². The SMILES string of the molecule is NC(=NCc1ccc(Cl)nc1)NCC1CCC1. The zero-order valence-corrected chi connectivity index (χ0v) is 10.5. The van der Waals surface area contributed by atoms with Gasteiger partial charge in [0.1, 0.15) is 5.15 Å². The van der Waals surface area contributed by atoms with Gasteiger partial charge in [-0.1, -0.05) is 24.1 Å².